The lowest BCUT2D eigenvalue weighted by Crippen LogP contribution is -2.21. The zero-order valence-electron chi connectivity index (χ0n) is 9.09. The van der Waals surface area contributed by atoms with Crippen LogP contribution in [0.2, 0.25) is 0 Å². The molecule has 0 N–H and O–H groups in total. The number of Topliss-reactive ketones (excluding diaryl/α,β-unsaturated/α-hetero) is 1. The molecule has 2 rings (SSSR count). The topological polar surface area (TPSA) is 56.4 Å². The third kappa shape index (κ3) is 2.03. The zero-order valence-corrected chi connectivity index (χ0v) is 9.09. The predicted molar refractivity (Wildman–Crippen MR) is 59.4 cm³/mol. The monoisotopic (exact) mass is 219 g/mol. The zero-order chi connectivity index (χ0) is 11.5. The van der Waals surface area contributed by atoms with E-state index in [-0.39, 0.29) is 11.3 Å². The molecule has 0 saturated carbocycles. The van der Waals surface area contributed by atoms with Crippen molar-refractivity contribution in [3.8, 4) is 0 Å². The molecule has 0 aromatic carbocycles. The summed E-state index contributed by atoms with van der Waals surface area (Å²) in [5.41, 5.74) is 0.494. The summed E-state index contributed by atoms with van der Waals surface area (Å²) in [4.78, 5) is 22.7. The van der Waals surface area contributed by atoms with Gasteiger partial charge in [0.25, 0.3) is 5.56 Å². The van der Waals surface area contributed by atoms with Gasteiger partial charge in [-0.05, 0) is 19.4 Å². The normalized spacial score (nSPS) is 10.8. The van der Waals surface area contributed by atoms with Crippen LogP contribution >= 0.6 is 0 Å². The van der Waals surface area contributed by atoms with Crippen LogP contribution in [0.1, 0.15) is 19.8 Å². The Morgan fingerprint density at radius 2 is 2.25 bits per heavy atom. The van der Waals surface area contributed by atoms with Crippen molar-refractivity contribution in [2.45, 2.75) is 26.3 Å². The van der Waals surface area contributed by atoms with Crippen molar-refractivity contribution in [1.29, 1.82) is 0 Å². The maximum atomic E-state index is 11.9. The Labute approximate surface area is 92.3 Å². The van der Waals surface area contributed by atoms with E-state index in [4.69, 9.17) is 0 Å². The molecule has 0 aliphatic carbocycles. The van der Waals surface area contributed by atoms with E-state index >= 15 is 0 Å². The van der Waals surface area contributed by atoms with Crippen LogP contribution in [0.3, 0.4) is 0 Å². The van der Waals surface area contributed by atoms with Gasteiger partial charge in [0.1, 0.15) is 11.3 Å². The van der Waals surface area contributed by atoms with E-state index < -0.39 is 0 Å². The molecule has 0 atom stereocenters. The fourth-order valence-corrected chi connectivity index (χ4v) is 1.64. The Bertz CT molecular complexity index is 568. The minimum atomic E-state index is -0.0662. The quantitative estimate of drug-likeness (QED) is 0.766. The van der Waals surface area contributed by atoms with E-state index in [1.165, 1.54) is 0 Å². The van der Waals surface area contributed by atoms with Crippen LogP contribution in [0, 0.1) is 0 Å². The number of carbonyl (C=O) groups is 1. The minimum absolute atomic E-state index is 0.0662. The smallest absolute Gasteiger partial charge is 0.276 e. The molecule has 16 heavy (non-hydrogen) atoms. The third-order valence-electron chi connectivity index (χ3n) is 2.47. The first-order valence-electron chi connectivity index (χ1n) is 5.21. The largest absolute Gasteiger partial charge is 0.312 e. The maximum Gasteiger partial charge on any atom is 0.276 e. The molecule has 0 saturated heterocycles. The summed E-state index contributed by atoms with van der Waals surface area (Å²) >= 11 is 0. The van der Waals surface area contributed by atoms with Crippen LogP contribution in [0.5, 0.6) is 0 Å². The molecule has 84 valence electrons. The van der Waals surface area contributed by atoms with Gasteiger partial charge in [-0.1, -0.05) is 0 Å². The van der Waals surface area contributed by atoms with Gasteiger partial charge in [-0.15, -0.1) is 0 Å². The third-order valence-corrected chi connectivity index (χ3v) is 2.47. The number of hydrogen-bond acceptors (Lipinski definition) is 3. The van der Waals surface area contributed by atoms with Crippen LogP contribution in [-0.4, -0.2) is 20.0 Å². The molecule has 5 heteroatoms. The predicted octanol–water partition coefficient (Wildman–Crippen LogP) is 0.865. The number of rotatable bonds is 4. The lowest BCUT2D eigenvalue weighted by molar-refractivity contribution is -0.117. The SMILES string of the molecule is CC(=O)CCCn1ccn2nccc2c1=O. The number of carbonyl (C=O) groups excluding carboxylic acids is 1. The van der Waals surface area contributed by atoms with Crippen molar-refractivity contribution in [1.82, 2.24) is 14.2 Å². The molecule has 0 amide bonds. The van der Waals surface area contributed by atoms with Crippen molar-refractivity contribution >= 4 is 11.3 Å². The Morgan fingerprint density at radius 3 is 3.00 bits per heavy atom. The number of ketones is 1. The van der Waals surface area contributed by atoms with E-state index in [0.717, 1.165) is 0 Å². The van der Waals surface area contributed by atoms with Gasteiger partial charge in [-0.3, -0.25) is 4.79 Å². The molecule has 0 bridgehead atoms. The summed E-state index contributed by atoms with van der Waals surface area (Å²) in [6.45, 7) is 2.13. The highest BCUT2D eigenvalue weighted by atomic mass is 16.1. The van der Waals surface area contributed by atoms with E-state index in [9.17, 15) is 9.59 Å². The molecule has 0 fully saturated rings. The lowest BCUT2D eigenvalue weighted by Gasteiger charge is -2.04. The Hall–Kier alpha value is -1.91. The molecule has 2 aromatic rings. The molecular weight excluding hydrogens is 206 g/mol. The minimum Gasteiger partial charge on any atom is -0.312 e. The lowest BCUT2D eigenvalue weighted by atomic mass is 10.2. The maximum absolute atomic E-state index is 11.9. The Morgan fingerprint density at radius 1 is 1.44 bits per heavy atom. The fraction of sp³-hybridized carbons (Fsp3) is 0.364. The summed E-state index contributed by atoms with van der Waals surface area (Å²) < 4.78 is 3.16. The van der Waals surface area contributed by atoms with Crippen molar-refractivity contribution < 1.29 is 4.79 Å². The average molecular weight is 219 g/mol. The summed E-state index contributed by atoms with van der Waals surface area (Å²) in [5, 5.41) is 3.98. The average Bonchev–Trinajstić information content (AvgIpc) is 2.69. The number of fused-ring (bicyclic) bond motifs is 1. The molecule has 2 heterocycles. The van der Waals surface area contributed by atoms with E-state index in [1.54, 1.807) is 40.7 Å². The van der Waals surface area contributed by atoms with Gasteiger partial charge in [0.15, 0.2) is 0 Å². The highest BCUT2D eigenvalue weighted by molar-refractivity contribution is 5.75. The van der Waals surface area contributed by atoms with Gasteiger partial charge >= 0.3 is 0 Å². The summed E-state index contributed by atoms with van der Waals surface area (Å²) in [6.07, 6.45) is 6.24. The van der Waals surface area contributed by atoms with Crippen molar-refractivity contribution in [3.05, 3.63) is 35.0 Å². The van der Waals surface area contributed by atoms with Crippen molar-refractivity contribution in [2.24, 2.45) is 0 Å². The molecule has 2 aromatic heterocycles. The first-order chi connectivity index (χ1) is 7.68. The Balaban J connectivity index is 2.21. The van der Waals surface area contributed by atoms with Crippen LogP contribution in [-0.2, 0) is 11.3 Å². The fourth-order valence-electron chi connectivity index (χ4n) is 1.64. The Kier molecular flexibility index (Phi) is 2.85. The molecule has 5 nitrogen and oxygen atoms in total. The van der Waals surface area contributed by atoms with Crippen LogP contribution in [0.4, 0.5) is 0 Å². The highest BCUT2D eigenvalue weighted by Crippen LogP contribution is 1.97. The highest BCUT2D eigenvalue weighted by Gasteiger charge is 2.03. The van der Waals surface area contributed by atoms with Gasteiger partial charge in [0.2, 0.25) is 0 Å². The van der Waals surface area contributed by atoms with Gasteiger partial charge in [0.05, 0.1) is 6.20 Å². The molecule has 0 spiro atoms. The number of aromatic nitrogens is 3. The molecule has 0 aliphatic heterocycles. The first kappa shape index (κ1) is 10.6. The van der Waals surface area contributed by atoms with E-state index in [0.29, 0.717) is 24.9 Å². The summed E-state index contributed by atoms with van der Waals surface area (Å²) in [6, 6.07) is 1.68. The van der Waals surface area contributed by atoms with Crippen molar-refractivity contribution in [3.63, 3.8) is 0 Å². The van der Waals surface area contributed by atoms with Crippen LogP contribution < -0.4 is 5.56 Å². The van der Waals surface area contributed by atoms with Gasteiger partial charge in [-0.25, -0.2) is 4.52 Å². The standard InChI is InChI=1S/C11H13N3O2/c1-9(15)3-2-6-13-7-8-14-10(11(13)16)4-5-12-14/h4-5,7-8H,2-3,6H2,1H3. The second-order valence-electron chi connectivity index (χ2n) is 3.76. The van der Waals surface area contributed by atoms with Gasteiger partial charge in [-0.2, -0.15) is 5.10 Å². The van der Waals surface area contributed by atoms with Gasteiger partial charge in [0, 0.05) is 25.4 Å². The molecule has 0 aliphatic rings. The number of hydrogen-bond donors (Lipinski definition) is 0. The molecule has 0 radical (unpaired) electrons. The van der Waals surface area contributed by atoms with Crippen molar-refractivity contribution in [2.75, 3.05) is 0 Å². The molecule has 0 unspecified atom stereocenters. The summed E-state index contributed by atoms with van der Waals surface area (Å²) in [5.74, 6) is 0.151. The van der Waals surface area contributed by atoms with Crippen LogP contribution in [0.15, 0.2) is 29.5 Å². The molecular formula is C11H13N3O2. The summed E-state index contributed by atoms with van der Waals surface area (Å²) in [7, 11) is 0. The van der Waals surface area contributed by atoms with Gasteiger partial charge < -0.3 is 9.36 Å². The second-order valence-corrected chi connectivity index (χ2v) is 3.76. The number of aryl methyl sites for hydroxylation is 1. The van der Waals surface area contributed by atoms with Crippen LogP contribution in [0.25, 0.3) is 5.52 Å². The van der Waals surface area contributed by atoms with E-state index in [2.05, 4.69) is 5.10 Å². The first-order valence-corrected chi connectivity index (χ1v) is 5.21. The second kappa shape index (κ2) is 4.30. The number of nitrogens with zero attached hydrogens (tertiary/aromatic N) is 3. The van der Waals surface area contributed by atoms with E-state index in [1.807, 2.05) is 0 Å².